The highest BCUT2D eigenvalue weighted by molar-refractivity contribution is 7.98. The highest BCUT2D eigenvalue weighted by atomic mass is 32.2. The van der Waals surface area contributed by atoms with Crippen LogP contribution in [-0.2, 0) is 24.2 Å². The summed E-state index contributed by atoms with van der Waals surface area (Å²) in [5.74, 6) is 0.898. The third-order valence-corrected chi connectivity index (χ3v) is 6.33. The molecule has 0 saturated heterocycles. The van der Waals surface area contributed by atoms with E-state index in [4.69, 9.17) is 0 Å². The lowest BCUT2D eigenvalue weighted by Gasteiger charge is -2.12. The number of fused-ring (bicyclic) bond motifs is 1. The van der Waals surface area contributed by atoms with Crippen molar-refractivity contribution in [2.24, 2.45) is 0 Å². The van der Waals surface area contributed by atoms with Gasteiger partial charge in [-0.05, 0) is 63.1 Å². The monoisotopic (exact) mass is 454 g/mol. The smallest absolute Gasteiger partial charge is 0.224 e. The fourth-order valence-corrected chi connectivity index (χ4v) is 4.54. The summed E-state index contributed by atoms with van der Waals surface area (Å²) in [6, 6.07) is 4.58. The second kappa shape index (κ2) is 9.77. The van der Waals surface area contributed by atoms with Crippen LogP contribution < -0.4 is 5.32 Å². The first-order chi connectivity index (χ1) is 15.5. The molecule has 9 heteroatoms. The van der Waals surface area contributed by atoms with Gasteiger partial charge in [0.05, 0.1) is 5.56 Å². The number of carbonyl (C=O) groups is 1. The summed E-state index contributed by atoms with van der Waals surface area (Å²) in [5, 5.41) is 12.1. The Morgan fingerprint density at radius 1 is 1.16 bits per heavy atom. The number of aryl methyl sites for hydroxylation is 3. The number of nitrogens with one attached hydrogen (secondary N) is 1. The van der Waals surface area contributed by atoms with E-state index >= 15 is 0 Å². The minimum absolute atomic E-state index is 0.143. The summed E-state index contributed by atoms with van der Waals surface area (Å²) in [6.07, 6.45) is 6.85. The van der Waals surface area contributed by atoms with Crippen LogP contribution in [0.15, 0.2) is 23.4 Å². The Morgan fingerprint density at radius 2 is 1.94 bits per heavy atom. The molecule has 0 fully saturated rings. The van der Waals surface area contributed by atoms with Gasteiger partial charge in [-0.15, -0.1) is 10.2 Å². The van der Waals surface area contributed by atoms with E-state index in [1.807, 2.05) is 24.7 Å². The molecule has 0 aliphatic carbocycles. The predicted molar refractivity (Wildman–Crippen MR) is 123 cm³/mol. The van der Waals surface area contributed by atoms with Crippen molar-refractivity contribution in [1.29, 1.82) is 0 Å². The van der Waals surface area contributed by atoms with Gasteiger partial charge in [-0.1, -0.05) is 18.2 Å². The van der Waals surface area contributed by atoms with Crippen molar-refractivity contribution in [1.82, 2.24) is 24.7 Å². The first-order valence-electron chi connectivity index (χ1n) is 10.9. The molecule has 0 saturated carbocycles. The Kier molecular flexibility index (Phi) is 6.83. The topological polar surface area (TPSA) is 85.6 Å². The maximum atomic E-state index is 14.7. The van der Waals surface area contributed by atoms with Crippen molar-refractivity contribution in [3.8, 4) is 11.4 Å². The van der Waals surface area contributed by atoms with Crippen LogP contribution in [0.25, 0.3) is 11.4 Å². The Morgan fingerprint density at radius 3 is 2.69 bits per heavy atom. The minimum Gasteiger partial charge on any atom is -0.326 e. The fraction of sp³-hybridized carbons (Fsp3) is 0.435. The molecule has 168 valence electrons. The molecule has 0 unspecified atom stereocenters. The van der Waals surface area contributed by atoms with Gasteiger partial charge in [-0.2, -0.15) is 0 Å². The van der Waals surface area contributed by atoms with Gasteiger partial charge >= 0.3 is 0 Å². The van der Waals surface area contributed by atoms with Crippen LogP contribution in [0, 0.1) is 19.7 Å². The molecule has 1 amide bonds. The van der Waals surface area contributed by atoms with Crippen LogP contribution in [-0.4, -0.2) is 36.9 Å². The number of rotatable bonds is 6. The van der Waals surface area contributed by atoms with E-state index in [1.54, 1.807) is 12.1 Å². The third-order valence-electron chi connectivity index (χ3n) is 5.79. The number of halogens is 1. The van der Waals surface area contributed by atoms with E-state index in [1.165, 1.54) is 17.8 Å². The summed E-state index contributed by atoms with van der Waals surface area (Å²) in [6.45, 7) is 4.66. The van der Waals surface area contributed by atoms with E-state index in [-0.39, 0.29) is 18.1 Å². The predicted octanol–water partition coefficient (Wildman–Crippen LogP) is 4.51. The molecule has 1 aliphatic heterocycles. The number of thioether (sulfide) groups is 1. The molecule has 0 atom stereocenters. The maximum Gasteiger partial charge on any atom is 0.224 e. The van der Waals surface area contributed by atoms with Crippen molar-refractivity contribution in [2.45, 2.75) is 64.1 Å². The normalized spacial score (nSPS) is 13.5. The lowest BCUT2D eigenvalue weighted by molar-refractivity contribution is -0.116. The van der Waals surface area contributed by atoms with E-state index in [0.29, 0.717) is 23.5 Å². The third kappa shape index (κ3) is 4.82. The number of aromatic nitrogens is 5. The van der Waals surface area contributed by atoms with E-state index < -0.39 is 0 Å². The number of nitrogens with zero attached hydrogens (tertiary/aromatic N) is 5. The van der Waals surface area contributed by atoms with Crippen LogP contribution >= 0.6 is 11.8 Å². The van der Waals surface area contributed by atoms with Gasteiger partial charge in [0, 0.05) is 36.5 Å². The molecule has 1 aliphatic rings. The van der Waals surface area contributed by atoms with Gasteiger partial charge in [0.25, 0.3) is 0 Å². The second-order valence-electron chi connectivity index (χ2n) is 8.00. The lowest BCUT2D eigenvalue weighted by atomic mass is 10.1. The van der Waals surface area contributed by atoms with Crippen LogP contribution in [0.1, 0.15) is 48.5 Å². The van der Waals surface area contributed by atoms with Crippen LogP contribution in [0.2, 0.25) is 0 Å². The average Bonchev–Trinajstić information content (AvgIpc) is 3.01. The van der Waals surface area contributed by atoms with Crippen molar-refractivity contribution in [3.63, 3.8) is 0 Å². The molecule has 0 radical (unpaired) electrons. The van der Waals surface area contributed by atoms with E-state index in [9.17, 15) is 9.18 Å². The zero-order valence-electron chi connectivity index (χ0n) is 18.6. The maximum absolute atomic E-state index is 14.7. The summed E-state index contributed by atoms with van der Waals surface area (Å²) in [5.41, 5.74) is 3.68. The number of benzene rings is 1. The Bertz CT molecular complexity index is 1120. The zero-order valence-corrected chi connectivity index (χ0v) is 19.4. The molecular formula is C23H27FN6OS. The fourth-order valence-electron chi connectivity index (χ4n) is 4.08. The van der Waals surface area contributed by atoms with E-state index in [2.05, 4.69) is 25.5 Å². The van der Waals surface area contributed by atoms with Crippen molar-refractivity contribution in [3.05, 3.63) is 46.8 Å². The second-order valence-corrected chi connectivity index (χ2v) is 8.78. The highest BCUT2D eigenvalue weighted by Crippen LogP contribution is 2.27. The average molecular weight is 455 g/mol. The number of anilines is 1. The molecule has 3 heterocycles. The SMILES string of the molecule is CSc1nc(C)c(CCC(=O)Nc2ccc(F)c(-c3nnc4n3CCCCC4)c2)c(C)n1. The Labute approximate surface area is 191 Å². The first kappa shape index (κ1) is 22.4. The summed E-state index contributed by atoms with van der Waals surface area (Å²) in [7, 11) is 0. The highest BCUT2D eigenvalue weighted by Gasteiger charge is 2.19. The molecule has 32 heavy (non-hydrogen) atoms. The summed E-state index contributed by atoms with van der Waals surface area (Å²) < 4.78 is 16.7. The Balaban J connectivity index is 1.48. The largest absolute Gasteiger partial charge is 0.326 e. The number of amides is 1. The van der Waals surface area contributed by atoms with Crippen molar-refractivity contribution >= 4 is 23.4 Å². The molecule has 3 aromatic rings. The van der Waals surface area contributed by atoms with Gasteiger partial charge in [0.1, 0.15) is 11.6 Å². The minimum atomic E-state index is -0.375. The van der Waals surface area contributed by atoms with Crippen molar-refractivity contribution in [2.75, 3.05) is 11.6 Å². The quantitative estimate of drug-likeness (QED) is 0.436. The van der Waals surface area contributed by atoms with Crippen LogP contribution in [0.4, 0.5) is 10.1 Å². The number of carbonyl (C=O) groups excluding carboxylic acids is 1. The number of hydrogen-bond donors (Lipinski definition) is 1. The van der Waals surface area contributed by atoms with E-state index in [0.717, 1.165) is 60.2 Å². The summed E-state index contributed by atoms with van der Waals surface area (Å²) in [4.78, 5) is 21.5. The first-order valence-corrected chi connectivity index (χ1v) is 12.1. The van der Waals surface area contributed by atoms with Gasteiger partial charge < -0.3 is 9.88 Å². The molecule has 4 rings (SSSR count). The molecular weight excluding hydrogens is 427 g/mol. The molecule has 7 nitrogen and oxygen atoms in total. The number of hydrogen-bond acceptors (Lipinski definition) is 6. The standard InChI is InChI=1S/C23H27FN6OS/c1-14-17(15(2)26-23(25-14)32-3)9-11-21(31)27-16-8-10-19(24)18(13-16)22-29-28-20-7-5-4-6-12-30(20)22/h8,10,13H,4-7,9,11-12H2,1-3H3,(H,27,31). The lowest BCUT2D eigenvalue weighted by Crippen LogP contribution is -2.14. The molecule has 0 spiro atoms. The zero-order chi connectivity index (χ0) is 22.7. The molecule has 0 bridgehead atoms. The van der Waals surface area contributed by atoms with Gasteiger partial charge in [0.2, 0.25) is 5.91 Å². The van der Waals surface area contributed by atoms with Crippen molar-refractivity contribution < 1.29 is 9.18 Å². The van der Waals surface area contributed by atoms with Gasteiger partial charge in [0.15, 0.2) is 11.0 Å². The van der Waals surface area contributed by atoms with Gasteiger partial charge in [-0.3, -0.25) is 4.79 Å². The Hall–Kier alpha value is -2.81. The van der Waals surface area contributed by atoms with Crippen LogP contribution in [0.3, 0.4) is 0 Å². The summed E-state index contributed by atoms with van der Waals surface area (Å²) >= 11 is 1.50. The van der Waals surface area contributed by atoms with Gasteiger partial charge in [-0.25, -0.2) is 14.4 Å². The molecule has 2 aromatic heterocycles. The van der Waals surface area contributed by atoms with Crippen LogP contribution in [0.5, 0.6) is 0 Å². The molecule has 1 N–H and O–H groups in total. The molecule has 1 aromatic carbocycles.